The quantitative estimate of drug-likeness (QED) is 0.767. The lowest BCUT2D eigenvalue weighted by Crippen LogP contribution is -2.31. The maximum absolute atomic E-state index is 11.7. The number of rotatable bonds is 8. The summed E-state index contributed by atoms with van der Waals surface area (Å²) in [6, 6.07) is 3.49. The minimum Gasteiger partial charge on any atom is -0.481 e. The molecular weight excluding hydrogens is 274 g/mol. The number of carbonyl (C=O) groups is 1. The van der Waals surface area contributed by atoms with Crippen LogP contribution in [0.25, 0.3) is 0 Å². The minimum atomic E-state index is -3.55. The molecule has 1 rings (SSSR count). The van der Waals surface area contributed by atoms with Crippen molar-refractivity contribution in [2.75, 3.05) is 5.75 Å². The van der Waals surface area contributed by atoms with Crippen LogP contribution >= 0.6 is 11.3 Å². The average Bonchev–Trinajstić information content (AvgIpc) is 2.79. The van der Waals surface area contributed by atoms with Crippen LogP contribution in [0.5, 0.6) is 0 Å². The SMILES string of the molecule is CCCC(NS(=O)(=O)CCC(=O)O)c1cccs1. The van der Waals surface area contributed by atoms with Gasteiger partial charge in [0, 0.05) is 4.88 Å². The van der Waals surface area contributed by atoms with E-state index in [1.165, 1.54) is 11.3 Å². The molecule has 0 spiro atoms. The summed E-state index contributed by atoms with van der Waals surface area (Å²) >= 11 is 1.49. The fourth-order valence-electron chi connectivity index (χ4n) is 1.53. The smallest absolute Gasteiger partial charge is 0.304 e. The van der Waals surface area contributed by atoms with Crippen LogP contribution in [0.2, 0.25) is 0 Å². The van der Waals surface area contributed by atoms with Gasteiger partial charge in [-0.1, -0.05) is 19.4 Å². The zero-order valence-electron chi connectivity index (χ0n) is 10.1. The van der Waals surface area contributed by atoms with Crippen molar-refractivity contribution in [1.29, 1.82) is 0 Å². The first-order valence-electron chi connectivity index (χ1n) is 5.70. The van der Waals surface area contributed by atoms with Crippen LogP contribution in [-0.2, 0) is 14.8 Å². The number of sulfonamides is 1. The molecule has 7 heteroatoms. The Balaban J connectivity index is 2.69. The van der Waals surface area contributed by atoms with Crippen LogP contribution in [0.3, 0.4) is 0 Å². The van der Waals surface area contributed by atoms with E-state index < -0.39 is 16.0 Å². The summed E-state index contributed by atoms with van der Waals surface area (Å²) < 4.78 is 26.1. The third-order valence-corrected chi connectivity index (χ3v) is 4.74. The highest BCUT2D eigenvalue weighted by Gasteiger charge is 2.20. The highest BCUT2D eigenvalue weighted by atomic mass is 32.2. The van der Waals surface area contributed by atoms with Crippen molar-refractivity contribution in [3.63, 3.8) is 0 Å². The van der Waals surface area contributed by atoms with Crippen LogP contribution in [0.15, 0.2) is 17.5 Å². The molecule has 1 aromatic heterocycles. The van der Waals surface area contributed by atoms with E-state index in [2.05, 4.69) is 4.72 Å². The lowest BCUT2D eigenvalue weighted by atomic mass is 10.1. The van der Waals surface area contributed by atoms with E-state index in [-0.39, 0.29) is 18.2 Å². The zero-order chi connectivity index (χ0) is 13.6. The minimum absolute atomic E-state index is 0.256. The Bertz CT molecular complexity index is 467. The van der Waals surface area contributed by atoms with Crippen LogP contribution in [-0.4, -0.2) is 25.2 Å². The standard InChI is InChI=1S/C11H17NO4S2/c1-2-4-9(10-5-3-7-17-10)12-18(15,16)8-6-11(13)14/h3,5,7,9,12H,2,4,6,8H2,1H3,(H,13,14). The Kier molecular flexibility index (Phi) is 5.77. The van der Waals surface area contributed by atoms with E-state index in [1.807, 2.05) is 24.4 Å². The summed E-state index contributed by atoms with van der Waals surface area (Å²) in [5.41, 5.74) is 0. The van der Waals surface area contributed by atoms with Crippen LogP contribution in [0.4, 0.5) is 0 Å². The first-order chi connectivity index (χ1) is 8.44. The number of nitrogens with one attached hydrogen (secondary N) is 1. The molecule has 5 nitrogen and oxygen atoms in total. The van der Waals surface area contributed by atoms with Crippen molar-refractivity contribution in [1.82, 2.24) is 4.72 Å². The van der Waals surface area contributed by atoms with E-state index in [0.717, 1.165) is 11.3 Å². The molecule has 0 saturated carbocycles. The number of carboxylic acid groups (broad SMARTS) is 1. The van der Waals surface area contributed by atoms with Gasteiger partial charge >= 0.3 is 5.97 Å². The first kappa shape index (κ1) is 15.1. The highest BCUT2D eigenvalue weighted by Crippen LogP contribution is 2.24. The molecule has 2 N–H and O–H groups in total. The van der Waals surface area contributed by atoms with Gasteiger partial charge in [-0.05, 0) is 17.9 Å². The van der Waals surface area contributed by atoms with Gasteiger partial charge in [0.15, 0.2) is 0 Å². The van der Waals surface area contributed by atoms with E-state index in [1.54, 1.807) is 0 Å². The number of hydrogen-bond acceptors (Lipinski definition) is 4. The fourth-order valence-corrected chi connectivity index (χ4v) is 3.66. The van der Waals surface area contributed by atoms with E-state index in [9.17, 15) is 13.2 Å². The summed E-state index contributed by atoms with van der Waals surface area (Å²) in [6.07, 6.45) is 1.18. The molecule has 1 heterocycles. The molecule has 0 aromatic carbocycles. The molecule has 0 saturated heterocycles. The summed E-state index contributed by atoms with van der Waals surface area (Å²) in [4.78, 5) is 11.4. The molecule has 0 amide bonds. The lowest BCUT2D eigenvalue weighted by molar-refractivity contribution is -0.136. The molecule has 1 atom stereocenters. The largest absolute Gasteiger partial charge is 0.481 e. The number of aliphatic carboxylic acids is 1. The predicted molar refractivity (Wildman–Crippen MR) is 71.1 cm³/mol. The van der Waals surface area contributed by atoms with Gasteiger partial charge in [0.1, 0.15) is 0 Å². The lowest BCUT2D eigenvalue weighted by Gasteiger charge is -2.16. The average molecular weight is 291 g/mol. The summed E-state index contributed by atoms with van der Waals surface area (Å²) in [7, 11) is -3.55. The van der Waals surface area contributed by atoms with Gasteiger partial charge in [-0.2, -0.15) is 0 Å². The highest BCUT2D eigenvalue weighted by molar-refractivity contribution is 7.89. The van der Waals surface area contributed by atoms with Gasteiger partial charge in [-0.25, -0.2) is 13.1 Å². The molecule has 0 aliphatic heterocycles. The Hall–Kier alpha value is -0.920. The number of thiophene rings is 1. The molecule has 1 unspecified atom stereocenters. The second-order valence-electron chi connectivity index (χ2n) is 3.94. The van der Waals surface area contributed by atoms with Crippen molar-refractivity contribution in [2.45, 2.75) is 32.2 Å². The van der Waals surface area contributed by atoms with Gasteiger partial charge in [0.2, 0.25) is 10.0 Å². The van der Waals surface area contributed by atoms with Crippen molar-refractivity contribution < 1.29 is 18.3 Å². The summed E-state index contributed by atoms with van der Waals surface area (Å²) in [5.74, 6) is -1.49. The molecular formula is C11H17NO4S2. The first-order valence-corrected chi connectivity index (χ1v) is 8.23. The Labute approximate surface area is 111 Å². The van der Waals surface area contributed by atoms with Crippen molar-refractivity contribution in [2.24, 2.45) is 0 Å². The van der Waals surface area contributed by atoms with Crippen molar-refractivity contribution >= 4 is 27.3 Å². The topological polar surface area (TPSA) is 83.5 Å². The van der Waals surface area contributed by atoms with E-state index >= 15 is 0 Å². The normalized spacial score (nSPS) is 13.4. The zero-order valence-corrected chi connectivity index (χ0v) is 11.8. The van der Waals surface area contributed by atoms with Gasteiger partial charge in [-0.15, -0.1) is 11.3 Å². The molecule has 1 aromatic rings. The molecule has 102 valence electrons. The molecule has 0 aliphatic rings. The second kappa shape index (κ2) is 6.86. The van der Waals surface area contributed by atoms with Crippen LogP contribution < -0.4 is 4.72 Å². The number of carboxylic acids is 1. The number of hydrogen-bond donors (Lipinski definition) is 2. The van der Waals surface area contributed by atoms with E-state index in [0.29, 0.717) is 6.42 Å². The Morgan fingerprint density at radius 1 is 1.56 bits per heavy atom. The van der Waals surface area contributed by atoms with Gasteiger partial charge in [0.05, 0.1) is 18.2 Å². The predicted octanol–water partition coefficient (Wildman–Crippen LogP) is 1.98. The molecule has 0 fully saturated rings. The fraction of sp³-hybridized carbons (Fsp3) is 0.545. The molecule has 0 bridgehead atoms. The maximum Gasteiger partial charge on any atom is 0.304 e. The van der Waals surface area contributed by atoms with Gasteiger partial charge in [-0.3, -0.25) is 4.79 Å². The second-order valence-corrected chi connectivity index (χ2v) is 6.79. The van der Waals surface area contributed by atoms with Crippen LogP contribution in [0, 0.1) is 0 Å². The molecule has 0 radical (unpaired) electrons. The van der Waals surface area contributed by atoms with E-state index in [4.69, 9.17) is 5.11 Å². The van der Waals surface area contributed by atoms with Crippen molar-refractivity contribution in [3.8, 4) is 0 Å². The van der Waals surface area contributed by atoms with Gasteiger partial charge in [0.25, 0.3) is 0 Å². The summed E-state index contributed by atoms with van der Waals surface area (Å²) in [5, 5.41) is 10.4. The van der Waals surface area contributed by atoms with Crippen molar-refractivity contribution in [3.05, 3.63) is 22.4 Å². The third kappa shape index (κ3) is 5.16. The summed E-state index contributed by atoms with van der Waals surface area (Å²) in [6.45, 7) is 1.98. The maximum atomic E-state index is 11.7. The third-order valence-electron chi connectivity index (χ3n) is 2.37. The van der Waals surface area contributed by atoms with Crippen LogP contribution in [0.1, 0.15) is 37.1 Å². The monoisotopic (exact) mass is 291 g/mol. The Morgan fingerprint density at radius 2 is 2.28 bits per heavy atom. The Morgan fingerprint density at radius 3 is 2.78 bits per heavy atom. The molecule has 18 heavy (non-hydrogen) atoms. The van der Waals surface area contributed by atoms with Gasteiger partial charge < -0.3 is 5.11 Å². The molecule has 0 aliphatic carbocycles.